The van der Waals surface area contributed by atoms with Gasteiger partial charge in [0.1, 0.15) is 11.6 Å². The molecule has 0 saturated carbocycles. The van der Waals surface area contributed by atoms with Crippen LogP contribution in [0.4, 0.5) is 27.9 Å². The van der Waals surface area contributed by atoms with Gasteiger partial charge in [0.15, 0.2) is 0 Å². The quantitative estimate of drug-likeness (QED) is 0.354. The van der Waals surface area contributed by atoms with E-state index in [-0.39, 0.29) is 18.0 Å². The fourth-order valence-corrected chi connectivity index (χ4v) is 6.57. The first-order valence-electron chi connectivity index (χ1n) is 15.6. The number of fused-ring (bicyclic) bond motifs is 1. The van der Waals surface area contributed by atoms with Crippen LogP contribution in [0.15, 0.2) is 67.4 Å². The average Bonchev–Trinajstić information content (AvgIpc) is 3.55. The van der Waals surface area contributed by atoms with Gasteiger partial charge in [0.05, 0.1) is 25.4 Å². The fourth-order valence-electron chi connectivity index (χ4n) is 6.57. The van der Waals surface area contributed by atoms with Crippen LogP contribution in [0.5, 0.6) is 5.75 Å². The third kappa shape index (κ3) is 6.44. The van der Waals surface area contributed by atoms with E-state index in [1.807, 2.05) is 41.3 Å². The maximum Gasteiger partial charge on any atom is 0.326 e. The Labute approximate surface area is 265 Å². The van der Waals surface area contributed by atoms with Crippen molar-refractivity contribution in [3.63, 3.8) is 0 Å². The van der Waals surface area contributed by atoms with Gasteiger partial charge in [-0.25, -0.2) is 9.78 Å². The molecule has 3 aromatic rings. The molecule has 6 rings (SSSR count). The molecular weight excluding hydrogens is 568 g/mol. The van der Waals surface area contributed by atoms with Gasteiger partial charge in [-0.1, -0.05) is 36.9 Å². The number of likely N-dealkylation sites (tertiary alicyclic amines) is 1. The van der Waals surface area contributed by atoms with E-state index in [0.717, 1.165) is 48.4 Å². The molecule has 3 aliphatic rings. The van der Waals surface area contributed by atoms with Gasteiger partial charge >= 0.3 is 6.03 Å². The van der Waals surface area contributed by atoms with Crippen LogP contribution in [0.1, 0.15) is 30.4 Å². The maximum absolute atomic E-state index is 14.1. The number of rotatable bonds is 9. The van der Waals surface area contributed by atoms with E-state index >= 15 is 0 Å². The zero-order valence-electron chi connectivity index (χ0n) is 26.4. The summed E-state index contributed by atoms with van der Waals surface area (Å²) in [4.78, 5) is 46.0. The summed E-state index contributed by atoms with van der Waals surface area (Å²) in [5.41, 5.74) is 3.76. The molecule has 236 valence electrons. The molecule has 0 unspecified atom stereocenters. The summed E-state index contributed by atoms with van der Waals surface area (Å²) in [5, 5.41) is 3.34. The zero-order chi connectivity index (χ0) is 31.5. The Morgan fingerprint density at radius 1 is 1.11 bits per heavy atom. The summed E-state index contributed by atoms with van der Waals surface area (Å²) in [6.07, 6.45) is 6.01. The lowest BCUT2D eigenvalue weighted by Gasteiger charge is -2.39. The van der Waals surface area contributed by atoms with E-state index in [1.165, 1.54) is 6.08 Å². The molecule has 0 spiro atoms. The minimum Gasteiger partial charge on any atom is -0.494 e. The lowest BCUT2D eigenvalue weighted by Crippen LogP contribution is -2.52. The first kappa shape index (κ1) is 30.4. The Kier molecular flexibility index (Phi) is 8.88. The molecule has 11 heteroatoms. The summed E-state index contributed by atoms with van der Waals surface area (Å²) < 4.78 is 5.79. The summed E-state index contributed by atoms with van der Waals surface area (Å²) in [6, 6.07) is 16.3. The smallest absolute Gasteiger partial charge is 0.326 e. The molecule has 4 heterocycles. The highest BCUT2D eigenvalue weighted by atomic mass is 16.5. The molecule has 2 saturated heterocycles. The highest BCUT2D eigenvalue weighted by Gasteiger charge is 2.40. The normalized spacial score (nSPS) is 18.8. The van der Waals surface area contributed by atoms with Crippen molar-refractivity contribution in [3.8, 4) is 5.75 Å². The molecule has 1 aromatic heterocycles. The molecule has 1 atom stereocenters. The first-order valence-corrected chi connectivity index (χ1v) is 15.6. The molecule has 2 fully saturated rings. The van der Waals surface area contributed by atoms with Crippen molar-refractivity contribution in [1.82, 2.24) is 24.7 Å². The number of methoxy groups -OCH3 is 1. The first-order chi connectivity index (χ1) is 21.8. The molecule has 0 bridgehead atoms. The highest BCUT2D eigenvalue weighted by Crippen LogP contribution is 2.36. The van der Waals surface area contributed by atoms with E-state index in [2.05, 4.69) is 52.9 Å². The van der Waals surface area contributed by atoms with Crippen LogP contribution in [-0.4, -0.2) is 96.1 Å². The van der Waals surface area contributed by atoms with Gasteiger partial charge in [0, 0.05) is 62.3 Å². The Morgan fingerprint density at radius 3 is 2.60 bits per heavy atom. The van der Waals surface area contributed by atoms with Crippen molar-refractivity contribution in [2.24, 2.45) is 0 Å². The number of benzene rings is 2. The Morgan fingerprint density at radius 2 is 1.89 bits per heavy atom. The molecule has 1 N–H and O–H groups in total. The summed E-state index contributed by atoms with van der Waals surface area (Å²) >= 11 is 0. The summed E-state index contributed by atoms with van der Waals surface area (Å²) in [6.45, 7) is 7.46. The second-order valence-corrected chi connectivity index (χ2v) is 12.2. The third-order valence-corrected chi connectivity index (χ3v) is 9.13. The van der Waals surface area contributed by atoms with Crippen molar-refractivity contribution in [3.05, 3.63) is 78.5 Å². The van der Waals surface area contributed by atoms with Crippen LogP contribution in [0, 0.1) is 0 Å². The van der Waals surface area contributed by atoms with Crippen LogP contribution in [0.2, 0.25) is 0 Å². The van der Waals surface area contributed by atoms with E-state index in [0.29, 0.717) is 56.2 Å². The zero-order valence-corrected chi connectivity index (χ0v) is 26.4. The SMILES string of the molecule is C=CC(=O)N1CC[C@H](N2C(=O)N(Cc3ccccc3)Cc3cnc(Nc4ccc(N5CCC(N(C)C)CC5)cc4OC)nc32)C1. The van der Waals surface area contributed by atoms with Crippen molar-refractivity contribution in [2.75, 3.05) is 62.5 Å². The van der Waals surface area contributed by atoms with E-state index in [1.54, 1.807) is 23.1 Å². The number of ether oxygens (including phenoxy) is 1. The number of nitrogens with zero attached hydrogens (tertiary/aromatic N) is 7. The van der Waals surface area contributed by atoms with Crippen LogP contribution in [-0.2, 0) is 17.9 Å². The second-order valence-electron chi connectivity index (χ2n) is 12.2. The molecule has 2 aromatic carbocycles. The predicted molar refractivity (Wildman–Crippen MR) is 176 cm³/mol. The second kappa shape index (κ2) is 13.2. The summed E-state index contributed by atoms with van der Waals surface area (Å²) in [5.74, 6) is 1.50. The van der Waals surface area contributed by atoms with Crippen LogP contribution in [0.3, 0.4) is 0 Å². The Hall–Kier alpha value is -4.64. The molecule has 0 aliphatic carbocycles. The maximum atomic E-state index is 14.1. The number of nitrogens with one attached hydrogen (secondary N) is 1. The standard InChI is InChI=1S/C34H42N8O3/c1-5-31(43)40-18-15-28(23-40)42-32-25(22-41(34(42)44)21-24-9-7-6-8-10-24)20-35-33(37-32)36-29-12-11-27(19-30(29)45-4)39-16-13-26(14-17-39)38(2)3/h5-12,19-20,26,28H,1,13-18,21-23H2,2-4H3,(H,35,36,37)/t28-/m0/s1. The van der Waals surface area contributed by atoms with Crippen LogP contribution in [0.25, 0.3) is 0 Å². The monoisotopic (exact) mass is 610 g/mol. The number of anilines is 4. The molecule has 11 nitrogen and oxygen atoms in total. The molecule has 45 heavy (non-hydrogen) atoms. The van der Waals surface area contributed by atoms with E-state index in [4.69, 9.17) is 9.72 Å². The highest BCUT2D eigenvalue weighted by molar-refractivity contribution is 5.95. The third-order valence-electron chi connectivity index (χ3n) is 9.13. The van der Waals surface area contributed by atoms with Crippen LogP contribution >= 0.6 is 0 Å². The number of carbonyl (C=O) groups is 2. The number of urea groups is 1. The molecule has 3 amide bonds. The minimum atomic E-state index is -0.216. The van der Waals surface area contributed by atoms with Crippen LogP contribution < -0.4 is 19.9 Å². The van der Waals surface area contributed by atoms with E-state index in [9.17, 15) is 9.59 Å². The molecule has 0 radical (unpaired) electrons. The van der Waals surface area contributed by atoms with Gasteiger partial charge in [-0.2, -0.15) is 4.98 Å². The van der Waals surface area contributed by atoms with Gasteiger partial charge in [0.2, 0.25) is 11.9 Å². The van der Waals surface area contributed by atoms with Gasteiger partial charge in [0.25, 0.3) is 0 Å². The van der Waals surface area contributed by atoms with Crippen molar-refractivity contribution < 1.29 is 14.3 Å². The lowest BCUT2D eigenvalue weighted by molar-refractivity contribution is -0.125. The van der Waals surface area contributed by atoms with Gasteiger partial charge in [-0.3, -0.25) is 9.69 Å². The average molecular weight is 611 g/mol. The lowest BCUT2D eigenvalue weighted by atomic mass is 10.0. The predicted octanol–water partition coefficient (Wildman–Crippen LogP) is 4.49. The topological polar surface area (TPSA) is 97.4 Å². The van der Waals surface area contributed by atoms with Crippen molar-refractivity contribution in [1.29, 1.82) is 0 Å². The van der Waals surface area contributed by atoms with Gasteiger partial charge in [-0.15, -0.1) is 0 Å². The molecular formula is C34H42N8O3. The van der Waals surface area contributed by atoms with Gasteiger partial charge < -0.3 is 29.7 Å². The number of piperidine rings is 1. The molecule has 3 aliphatic heterocycles. The largest absolute Gasteiger partial charge is 0.494 e. The number of carbonyl (C=O) groups excluding carboxylic acids is 2. The Balaban J connectivity index is 1.25. The summed E-state index contributed by atoms with van der Waals surface area (Å²) in [7, 11) is 5.96. The number of amides is 3. The Bertz CT molecular complexity index is 1540. The van der Waals surface area contributed by atoms with Gasteiger partial charge in [-0.05, 0) is 57.1 Å². The minimum absolute atomic E-state index is 0.131. The fraction of sp³-hybridized carbons (Fsp3) is 0.412. The number of hydrogen-bond acceptors (Lipinski definition) is 8. The van der Waals surface area contributed by atoms with E-state index < -0.39 is 0 Å². The number of aromatic nitrogens is 2. The van der Waals surface area contributed by atoms with Crippen molar-refractivity contribution in [2.45, 2.75) is 44.4 Å². The number of hydrogen-bond donors (Lipinski definition) is 1. The van der Waals surface area contributed by atoms with Crippen molar-refractivity contribution >= 4 is 35.1 Å².